The van der Waals surface area contributed by atoms with Crippen LogP contribution in [0.5, 0.6) is 0 Å². The van der Waals surface area contributed by atoms with Gasteiger partial charge in [-0.3, -0.25) is 4.79 Å². The van der Waals surface area contributed by atoms with Gasteiger partial charge in [-0.15, -0.1) is 11.3 Å². The Balaban J connectivity index is 1.68. The van der Waals surface area contributed by atoms with E-state index in [0.717, 1.165) is 11.3 Å². The minimum Gasteiger partial charge on any atom is -0.465 e. The van der Waals surface area contributed by atoms with Gasteiger partial charge in [0.1, 0.15) is 4.88 Å². The topological polar surface area (TPSA) is 68.3 Å². The molecule has 192 valence electrons. The summed E-state index contributed by atoms with van der Waals surface area (Å²) in [5, 5.41) is 4.78. The molecule has 0 spiro atoms. The number of thiophene rings is 1. The molecule has 4 aromatic rings. The van der Waals surface area contributed by atoms with Crippen LogP contribution in [0, 0.1) is 6.92 Å². The molecule has 0 bridgehead atoms. The molecule has 0 aliphatic rings. The number of halogens is 6. The minimum atomic E-state index is -4.98. The van der Waals surface area contributed by atoms with Crippen LogP contribution in [0.2, 0.25) is 0 Å². The van der Waals surface area contributed by atoms with Crippen molar-refractivity contribution in [2.45, 2.75) is 19.3 Å². The fourth-order valence-corrected chi connectivity index (χ4v) is 4.48. The number of ether oxygens (including phenoxy) is 1. The number of nitrogens with one attached hydrogen (secondary N) is 1. The summed E-state index contributed by atoms with van der Waals surface area (Å²) < 4.78 is 84.1. The zero-order valence-corrected chi connectivity index (χ0v) is 19.9. The van der Waals surface area contributed by atoms with Gasteiger partial charge in [0, 0.05) is 16.5 Å². The molecule has 2 aromatic heterocycles. The number of esters is 1. The largest absolute Gasteiger partial charge is 0.465 e. The standard InChI is InChI=1S/C25H16F6N2O3S/c1-12-11-37-21(23(35)36-2)20(12)33-22(34)14-4-6-18-13(7-14)3-5-19(32-18)15-8-16(24(26,27)28)10-17(9-15)25(29,30)31/h3-11H,1-2H3,(H,33,34). The fraction of sp³-hybridized carbons (Fsp3) is 0.160. The third-order valence-electron chi connectivity index (χ3n) is 5.42. The van der Waals surface area contributed by atoms with Crippen molar-refractivity contribution in [2.24, 2.45) is 0 Å². The first-order valence-electron chi connectivity index (χ1n) is 10.5. The maximum atomic E-state index is 13.2. The van der Waals surface area contributed by atoms with E-state index in [0.29, 0.717) is 28.8 Å². The number of benzene rings is 2. The van der Waals surface area contributed by atoms with Gasteiger partial charge in [-0.2, -0.15) is 26.3 Å². The van der Waals surface area contributed by atoms with Crippen molar-refractivity contribution in [2.75, 3.05) is 12.4 Å². The Morgan fingerprint density at radius 2 is 1.57 bits per heavy atom. The summed E-state index contributed by atoms with van der Waals surface area (Å²) in [6.45, 7) is 1.71. The van der Waals surface area contributed by atoms with Crippen LogP contribution in [0.1, 0.15) is 36.7 Å². The molecular formula is C25H16F6N2O3S. The van der Waals surface area contributed by atoms with Crippen LogP contribution in [0.25, 0.3) is 22.2 Å². The number of rotatable bonds is 4. The molecule has 0 aliphatic heterocycles. The van der Waals surface area contributed by atoms with Gasteiger partial charge in [-0.1, -0.05) is 6.07 Å². The molecule has 12 heteroatoms. The normalized spacial score (nSPS) is 12.0. The van der Waals surface area contributed by atoms with Crippen molar-refractivity contribution >= 4 is 39.8 Å². The molecule has 0 unspecified atom stereocenters. The first-order valence-corrected chi connectivity index (χ1v) is 11.3. The van der Waals surface area contributed by atoms with E-state index in [2.05, 4.69) is 10.3 Å². The number of aryl methyl sites for hydroxylation is 1. The Morgan fingerprint density at radius 3 is 2.16 bits per heavy atom. The zero-order chi connectivity index (χ0) is 27.1. The van der Waals surface area contributed by atoms with E-state index < -0.39 is 35.4 Å². The molecule has 0 atom stereocenters. The summed E-state index contributed by atoms with van der Waals surface area (Å²) in [6, 6.07) is 8.27. The van der Waals surface area contributed by atoms with E-state index in [1.807, 2.05) is 0 Å². The average molecular weight is 538 g/mol. The van der Waals surface area contributed by atoms with Crippen molar-refractivity contribution in [1.29, 1.82) is 0 Å². The highest BCUT2D eigenvalue weighted by Gasteiger charge is 2.37. The van der Waals surface area contributed by atoms with E-state index >= 15 is 0 Å². The molecule has 1 amide bonds. The van der Waals surface area contributed by atoms with Crippen molar-refractivity contribution in [3.8, 4) is 11.3 Å². The molecule has 37 heavy (non-hydrogen) atoms. The Hall–Kier alpha value is -3.93. The molecule has 1 N–H and O–H groups in total. The monoisotopic (exact) mass is 538 g/mol. The number of pyridine rings is 1. The third-order valence-corrected chi connectivity index (χ3v) is 6.50. The second-order valence-electron chi connectivity index (χ2n) is 7.97. The number of fused-ring (bicyclic) bond motifs is 1. The van der Waals surface area contributed by atoms with Gasteiger partial charge in [-0.05, 0) is 60.3 Å². The predicted octanol–water partition coefficient (Wildman–Crippen LogP) is 7.35. The highest BCUT2D eigenvalue weighted by Crippen LogP contribution is 2.38. The summed E-state index contributed by atoms with van der Waals surface area (Å²) in [4.78, 5) is 29.2. The average Bonchev–Trinajstić information content (AvgIpc) is 3.21. The number of hydrogen-bond donors (Lipinski definition) is 1. The number of nitrogens with zero attached hydrogens (tertiary/aromatic N) is 1. The minimum absolute atomic E-state index is 0.0518. The Morgan fingerprint density at radius 1 is 0.919 bits per heavy atom. The Labute approximate surface area is 209 Å². The lowest BCUT2D eigenvalue weighted by Crippen LogP contribution is -2.14. The number of amides is 1. The highest BCUT2D eigenvalue weighted by atomic mass is 32.1. The number of hydrogen-bond acceptors (Lipinski definition) is 5. The summed E-state index contributed by atoms with van der Waals surface area (Å²) in [5.41, 5.74) is -1.93. The lowest BCUT2D eigenvalue weighted by Gasteiger charge is -2.14. The lowest BCUT2D eigenvalue weighted by atomic mass is 10.0. The quantitative estimate of drug-likeness (QED) is 0.218. The van der Waals surface area contributed by atoms with E-state index in [4.69, 9.17) is 4.74 Å². The smallest absolute Gasteiger partial charge is 0.416 e. The van der Waals surface area contributed by atoms with Gasteiger partial charge in [0.15, 0.2) is 0 Å². The van der Waals surface area contributed by atoms with Crippen LogP contribution in [-0.2, 0) is 17.1 Å². The molecule has 2 aromatic carbocycles. The van der Waals surface area contributed by atoms with E-state index in [1.165, 1.54) is 37.4 Å². The molecule has 0 saturated heterocycles. The van der Waals surface area contributed by atoms with Gasteiger partial charge < -0.3 is 10.1 Å². The van der Waals surface area contributed by atoms with Gasteiger partial charge >= 0.3 is 18.3 Å². The second-order valence-corrected chi connectivity index (χ2v) is 8.85. The lowest BCUT2D eigenvalue weighted by molar-refractivity contribution is -0.143. The van der Waals surface area contributed by atoms with Gasteiger partial charge in [0.2, 0.25) is 0 Å². The number of methoxy groups -OCH3 is 1. The van der Waals surface area contributed by atoms with Crippen molar-refractivity contribution in [1.82, 2.24) is 4.98 Å². The van der Waals surface area contributed by atoms with Crippen molar-refractivity contribution in [3.05, 3.63) is 81.0 Å². The van der Waals surface area contributed by atoms with E-state index in [1.54, 1.807) is 12.3 Å². The first-order chi connectivity index (χ1) is 17.3. The molecule has 0 radical (unpaired) electrons. The summed E-state index contributed by atoms with van der Waals surface area (Å²) in [7, 11) is 1.22. The van der Waals surface area contributed by atoms with Crippen LogP contribution in [0.15, 0.2) is 53.9 Å². The zero-order valence-electron chi connectivity index (χ0n) is 19.0. The first kappa shape index (κ1) is 26.1. The number of carbonyl (C=O) groups excluding carboxylic acids is 2. The van der Waals surface area contributed by atoms with Crippen LogP contribution in [0.3, 0.4) is 0 Å². The number of carbonyl (C=O) groups is 2. The van der Waals surface area contributed by atoms with E-state index in [-0.39, 0.29) is 33.3 Å². The number of anilines is 1. The maximum absolute atomic E-state index is 13.2. The molecule has 5 nitrogen and oxygen atoms in total. The Kier molecular flexibility index (Phi) is 6.72. The molecule has 0 saturated carbocycles. The third kappa shape index (κ3) is 5.43. The highest BCUT2D eigenvalue weighted by molar-refractivity contribution is 7.12. The van der Waals surface area contributed by atoms with Crippen LogP contribution >= 0.6 is 11.3 Å². The molecular weight excluding hydrogens is 522 g/mol. The second kappa shape index (κ2) is 9.51. The van der Waals surface area contributed by atoms with Gasteiger partial charge in [-0.25, -0.2) is 9.78 Å². The molecule has 2 heterocycles. The van der Waals surface area contributed by atoms with Gasteiger partial charge in [0.25, 0.3) is 5.91 Å². The summed E-state index contributed by atoms with van der Waals surface area (Å²) in [5.74, 6) is -1.14. The van der Waals surface area contributed by atoms with Crippen LogP contribution in [-0.4, -0.2) is 24.0 Å². The maximum Gasteiger partial charge on any atom is 0.416 e. The SMILES string of the molecule is COC(=O)c1scc(C)c1NC(=O)c1ccc2nc(-c3cc(C(F)(F)F)cc(C(F)(F)F)c3)ccc2c1. The van der Waals surface area contributed by atoms with Crippen molar-refractivity contribution < 1.29 is 40.7 Å². The molecule has 0 fully saturated rings. The Bertz CT molecular complexity index is 1490. The van der Waals surface area contributed by atoms with Crippen LogP contribution in [0.4, 0.5) is 32.0 Å². The number of alkyl halides is 6. The predicted molar refractivity (Wildman–Crippen MR) is 126 cm³/mol. The number of aromatic nitrogens is 1. The fourth-order valence-electron chi connectivity index (χ4n) is 3.56. The molecule has 4 rings (SSSR count). The van der Waals surface area contributed by atoms with E-state index in [9.17, 15) is 35.9 Å². The molecule has 0 aliphatic carbocycles. The van der Waals surface area contributed by atoms with Crippen molar-refractivity contribution in [3.63, 3.8) is 0 Å². The summed E-state index contributed by atoms with van der Waals surface area (Å²) in [6.07, 6.45) is -9.96. The van der Waals surface area contributed by atoms with Crippen LogP contribution < -0.4 is 5.32 Å². The van der Waals surface area contributed by atoms with Gasteiger partial charge in [0.05, 0.1) is 35.1 Å². The summed E-state index contributed by atoms with van der Waals surface area (Å²) >= 11 is 1.11.